The number of fused-ring (bicyclic) bond motifs is 5. The first-order chi connectivity index (χ1) is 20.4. The Kier molecular flexibility index (Phi) is 5.69. The summed E-state index contributed by atoms with van der Waals surface area (Å²) in [7, 11) is 1.53. The van der Waals surface area contributed by atoms with E-state index < -0.39 is 28.3 Å². The van der Waals surface area contributed by atoms with Gasteiger partial charge in [-0.05, 0) is 41.5 Å². The van der Waals surface area contributed by atoms with Gasteiger partial charge in [0.1, 0.15) is 17.2 Å². The third-order valence-electron chi connectivity index (χ3n) is 8.80. The third kappa shape index (κ3) is 3.38. The highest BCUT2D eigenvalue weighted by Crippen LogP contribution is 2.61. The zero-order chi connectivity index (χ0) is 29.2. The van der Waals surface area contributed by atoms with Gasteiger partial charge in [0, 0.05) is 40.4 Å². The van der Waals surface area contributed by atoms with Crippen molar-refractivity contribution in [2.45, 2.75) is 18.0 Å². The first-order valence-corrected chi connectivity index (χ1v) is 13.5. The van der Waals surface area contributed by atoms with E-state index in [-0.39, 0.29) is 28.6 Å². The molecule has 3 aliphatic rings. The van der Waals surface area contributed by atoms with Crippen molar-refractivity contribution in [3.05, 3.63) is 141 Å². The maximum absolute atomic E-state index is 14.7. The fourth-order valence-electron chi connectivity index (χ4n) is 7.04. The van der Waals surface area contributed by atoms with E-state index in [1.807, 2.05) is 47.4 Å². The molecule has 0 radical (unpaired) electrons. The molecule has 3 atom stereocenters. The smallest absolute Gasteiger partial charge is 0.269 e. The average Bonchev–Trinajstić information content (AvgIpc) is 3.47. The summed E-state index contributed by atoms with van der Waals surface area (Å²) in [5.41, 5.74) is 1.35. The highest BCUT2D eigenvalue weighted by atomic mass is 16.6. The molecule has 0 unspecified atom stereocenters. The lowest BCUT2D eigenvalue weighted by Gasteiger charge is -2.37. The first-order valence-electron chi connectivity index (χ1n) is 13.5. The Labute approximate surface area is 241 Å². The van der Waals surface area contributed by atoms with Crippen molar-refractivity contribution < 1.29 is 24.0 Å². The number of methoxy groups -OCH3 is 1. The van der Waals surface area contributed by atoms with E-state index in [1.54, 1.807) is 42.5 Å². The van der Waals surface area contributed by atoms with Gasteiger partial charge in [-0.25, -0.2) is 0 Å². The molecule has 1 spiro atoms. The first kappa shape index (κ1) is 25.6. The second-order valence-electron chi connectivity index (χ2n) is 10.7. The van der Waals surface area contributed by atoms with Crippen LogP contribution in [0.5, 0.6) is 5.75 Å². The lowest BCUT2D eigenvalue weighted by molar-refractivity contribution is -0.384. The normalized spacial score (nSPS) is 21.2. The number of para-hydroxylation sites is 1. The van der Waals surface area contributed by atoms with Crippen LogP contribution in [0.4, 0.5) is 11.4 Å². The minimum absolute atomic E-state index is 0.139. The molecule has 8 nitrogen and oxygen atoms in total. The van der Waals surface area contributed by atoms with Gasteiger partial charge in [0.15, 0.2) is 17.3 Å². The summed E-state index contributed by atoms with van der Waals surface area (Å²) in [6.45, 7) is 0. The Morgan fingerprint density at radius 1 is 0.881 bits per heavy atom. The lowest BCUT2D eigenvalue weighted by atomic mass is 9.64. The summed E-state index contributed by atoms with van der Waals surface area (Å²) in [6.07, 6.45) is 3.77. The van der Waals surface area contributed by atoms with Gasteiger partial charge < -0.3 is 9.64 Å². The number of nitro benzene ring substituents is 1. The van der Waals surface area contributed by atoms with Crippen LogP contribution in [0, 0.1) is 15.5 Å². The Morgan fingerprint density at radius 2 is 1.55 bits per heavy atom. The number of benzene rings is 4. The largest absolute Gasteiger partial charge is 0.497 e. The number of hydrogen-bond acceptors (Lipinski definition) is 7. The van der Waals surface area contributed by atoms with Crippen LogP contribution in [0.1, 0.15) is 48.1 Å². The van der Waals surface area contributed by atoms with Crippen molar-refractivity contribution in [3.8, 4) is 5.75 Å². The number of carbonyl (C=O) groups excluding carboxylic acids is 3. The van der Waals surface area contributed by atoms with Crippen LogP contribution in [-0.2, 0) is 0 Å². The van der Waals surface area contributed by atoms with E-state index >= 15 is 0 Å². The summed E-state index contributed by atoms with van der Waals surface area (Å²) in [5, 5.41) is 11.3. The molecule has 1 aliphatic carbocycles. The Balaban J connectivity index is 1.52. The van der Waals surface area contributed by atoms with Crippen molar-refractivity contribution in [2.24, 2.45) is 5.41 Å². The second-order valence-corrected chi connectivity index (χ2v) is 10.7. The van der Waals surface area contributed by atoms with E-state index in [9.17, 15) is 24.5 Å². The van der Waals surface area contributed by atoms with E-state index in [0.717, 1.165) is 11.3 Å². The SMILES string of the molecule is COc1cccc([C@@H]2[C@@H](C(=O)c3ccc([N+](=O)[O-])cc3)N3c4ccccc4C=C[C@@H]3C23C(=O)c2ccccc2C3=O)c1. The Morgan fingerprint density at radius 3 is 2.21 bits per heavy atom. The molecule has 0 saturated carbocycles. The number of ether oxygens (including phenoxy) is 1. The topological polar surface area (TPSA) is 107 Å². The van der Waals surface area contributed by atoms with Gasteiger partial charge in [-0.1, -0.05) is 66.7 Å². The van der Waals surface area contributed by atoms with Gasteiger partial charge in [-0.3, -0.25) is 24.5 Å². The van der Waals surface area contributed by atoms with Crippen LogP contribution >= 0.6 is 0 Å². The maximum Gasteiger partial charge on any atom is 0.269 e. The Hall–Kier alpha value is -5.37. The van der Waals surface area contributed by atoms with Crippen molar-refractivity contribution in [1.29, 1.82) is 0 Å². The number of rotatable bonds is 5. The zero-order valence-corrected chi connectivity index (χ0v) is 22.5. The van der Waals surface area contributed by atoms with Gasteiger partial charge in [0.05, 0.1) is 18.1 Å². The molecule has 0 bridgehead atoms. The van der Waals surface area contributed by atoms with Crippen LogP contribution in [0.25, 0.3) is 6.08 Å². The predicted octanol–water partition coefficient (Wildman–Crippen LogP) is 5.92. The molecule has 0 aromatic heterocycles. The van der Waals surface area contributed by atoms with Gasteiger partial charge in [-0.2, -0.15) is 0 Å². The van der Waals surface area contributed by atoms with Gasteiger partial charge >= 0.3 is 0 Å². The molecule has 1 saturated heterocycles. The highest BCUT2D eigenvalue weighted by Gasteiger charge is 2.71. The molecular weight excluding hydrogens is 532 g/mol. The molecule has 2 heterocycles. The average molecular weight is 557 g/mol. The minimum Gasteiger partial charge on any atom is -0.497 e. The number of ketones is 3. The lowest BCUT2D eigenvalue weighted by Crippen LogP contribution is -2.48. The number of carbonyl (C=O) groups is 3. The molecular formula is C34H24N2O6. The Bertz CT molecular complexity index is 1810. The third-order valence-corrected chi connectivity index (χ3v) is 8.80. The molecule has 8 heteroatoms. The van der Waals surface area contributed by atoms with Crippen LogP contribution in [0.3, 0.4) is 0 Å². The van der Waals surface area contributed by atoms with Crippen molar-refractivity contribution in [2.75, 3.05) is 12.0 Å². The van der Waals surface area contributed by atoms with Gasteiger partial charge in [0.25, 0.3) is 5.69 Å². The number of hydrogen-bond donors (Lipinski definition) is 0. The second kappa shape index (κ2) is 9.34. The number of Topliss-reactive ketones (excluding diaryl/α,β-unsaturated/α-hetero) is 3. The monoisotopic (exact) mass is 556 g/mol. The van der Waals surface area contributed by atoms with Gasteiger partial charge in [0.2, 0.25) is 0 Å². The molecule has 2 aliphatic heterocycles. The molecule has 206 valence electrons. The van der Waals surface area contributed by atoms with E-state index in [2.05, 4.69) is 0 Å². The molecule has 4 aromatic rings. The molecule has 1 fully saturated rings. The summed E-state index contributed by atoms with van der Waals surface area (Å²) in [6, 6.07) is 25.2. The fourth-order valence-corrected chi connectivity index (χ4v) is 7.04. The fraction of sp³-hybridized carbons (Fsp3) is 0.147. The highest BCUT2D eigenvalue weighted by molar-refractivity contribution is 6.32. The van der Waals surface area contributed by atoms with Crippen molar-refractivity contribution >= 4 is 34.8 Å². The van der Waals surface area contributed by atoms with E-state index in [4.69, 9.17) is 4.74 Å². The molecule has 0 amide bonds. The van der Waals surface area contributed by atoms with E-state index in [1.165, 1.54) is 31.4 Å². The summed E-state index contributed by atoms with van der Waals surface area (Å²) >= 11 is 0. The van der Waals surface area contributed by atoms with Gasteiger partial charge in [-0.15, -0.1) is 0 Å². The number of nitro groups is 1. The molecule has 4 aromatic carbocycles. The van der Waals surface area contributed by atoms with Crippen molar-refractivity contribution in [3.63, 3.8) is 0 Å². The summed E-state index contributed by atoms with van der Waals surface area (Å²) < 4.78 is 5.53. The predicted molar refractivity (Wildman–Crippen MR) is 156 cm³/mol. The number of anilines is 1. The van der Waals surface area contributed by atoms with E-state index in [0.29, 0.717) is 22.4 Å². The standard InChI is InChI=1S/C34H24N2O6/c1-42-24-9-6-8-22(19-24)29-30(31(37)21-13-16-23(17-14-21)36(40)41)35-27-12-5-2-7-20(27)15-18-28(35)34(29)32(38)25-10-3-4-11-26(25)33(34)39/h2-19,28-30H,1H3/t28-,29-,30+/m1/s1. The maximum atomic E-state index is 14.7. The van der Waals surface area contributed by atoms with Crippen LogP contribution < -0.4 is 9.64 Å². The quantitative estimate of drug-likeness (QED) is 0.130. The number of non-ortho nitro benzene ring substituents is 1. The van der Waals surface area contributed by atoms with Crippen LogP contribution in [-0.4, -0.2) is 41.5 Å². The van der Waals surface area contributed by atoms with Crippen molar-refractivity contribution in [1.82, 2.24) is 0 Å². The number of nitrogens with zero attached hydrogens (tertiary/aromatic N) is 2. The molecule has 7 rings (SSSR count). The van der Waals surface area contributed by atoms with Crippen LogP contribution in [0.2, 0.25) is 0 Å². The summed E-state index contributed by atoms with van der Waals surface area (Å²) in [5.74, 6) is -1.37. The van der Waals surface area contributed by atoms with Crippen LogP contribution in [0.15, 0.2) is 103 Å². The molecule has 0 N–H and O–H groups in total. The summed E-state index contributed by atoms with van der Waals surface area (Å²) in [4.78, 5) is 56.7. The minimum atomic E-state index is -1.64. The zero-order valence-electron chi connectivity index (χ0n) is 22.5. The molecule has 42 heavy (non-hydrogen) atoms.